The zero-order valence-corrected chi connectivity index (χ0v) is 21.6. The summed E-state index contributed by atoms with van der Waals surface area (Å²) >= 11 is 1.82. The third-order valence-electron chi connectivity index (χ3n) is 5.47. The maximum absolute atomic E-state index is 12.2. The highest BCUT2D eigenvalue weighted by Gasteiger charge is 2.28. The molecule has 1 amide bonds. The molecule has 29 heavy (non-hydrogen) atoms. The van der Waals surface area contributed by atoms with E-state index in [2.05, 4.69) is 50.3 Å². The van der Waals surface area contributed by atoms with Gasteiger partial charge in [-0.2, -0.15) is 0 Å². The Hall–Kier alpha value is -0.870. The Morgan fingerprint density at radius 2 is 2.00 bits per heavy atom. The number of hydrogen-bond donors (Lipinski definition) is 3. The second-order valence-electron chi connectivity index (χ2n) is 8.30. The molecular formula is C21H38IN5OS. The molecule has 0 radical (unpaired) electrons. The van der Waals surface area contributed by atoms with Crippen LogP contribution in [0.5, 0.6) is 0 Å². The molecule has 1 atom stereocenters. The molecule has 0 saturated carbocycles. The van der Waals surface area contributed by atoms with Gasteiger partial charge < -0.3 is 16.0 Å². The smallest absolute Gasteiger partial charge is 0.227 e. The first-order valence-corrected chi connectivity index (χ1v) is 11.3. The van der Waals surface area contributed by atoms with Crippen molar-refractivity contribution in [1.82, 2.24) is 20.9 Å². The van der Waals surface area contributed by atoms with E-state index in [1.54, 1.807) is 7.05 Å². The van der Waals surface area contributed by atoms with Crippen molar-refractivity contribution in [2.45, 2.75) is 46.6 Å². The molecule has 1 aromatic heterocycles. The molecule has 6 nitrogen and oxygen atoms in total. The standard InChI is InChI=1S/C21H37N5OS.HI/c1-6-23-19(27)21(3,4)15-25-20(22-5)24-14-17(18-8-7-13-28-18)26-11-9-16(2)10-12-26;/h7-8,13,16-17H,6,9-12,14-15H2,1-5H3,(H,23,27)(H2,22,24,25);1H. The lowest BCUT2D eigenvalue weighted by molar-refractivity contribution is -0.128. The highest BCUT2D eigenvalue weighted by Crippen LogP contribution is 2.29. The van der Waals surface area contributed by atoms with Gasteiger partial charge in [0.15, 0.2) is 5.96 Å². The minimum atomic E-state index is -0.496. The number of guanidine groups is 1. The minimum Gasteiger partial charge on any atom is -0.356 e. The SMILES string of the molecule is CCNC(=O)C(C)(C)CNC(=NC)NCC(c1cccs1)N1CCC(C)CC1.I. The molecular weight excluding hydrogens is 497 g/mol. The fourth-order valence-corrected chi connectivity index (χ4v) is 4.29. The van der Waals surface area contributed by atoms with Crippen molar-refractivity contribution in [2.75, 3.05) is 39.8 Å². The van der Waals surface area contributed by atoms with Gasteiger partial charge >= 0.3 is 0 Å². The third-order valence-corrected chi connectivity index (χ3v) is 6.44. The molecule has 3 N–H and O–H groups in total. The van der Waals surface area contributed by atoms with E-state index in [1.807, 2.05) is 32.1 Å². The zero-order chi connectivity index (χ0) is 20.6. The molecule has 2 rings (SSSR count). The molecule has 0 bridgehead atoms. The Morgan fingerprint density at radius 3 is 2.55 bits per heavy atom. The Balaban J connectivity index is 0.00000420. The number of hydrogen-bond acceptors (Lipinski definition) is 4. The van der Waals surface area contributed by atoms with Gasteiger partial charge in [0.05, 0.1) is 11.5 Å². The molecule has 0 spiro atoms. The molecule has 2 heterocycles. The van der Waals surface area contributed by atoms with Crippen LogP contribution < -0.4 is 16.0 Å². The third kappa shape index (κ3) is 8.05. The summed E-state index contributed by atoms with van der Waals surface area (Å²) in [7, 11) is 1.77. The van der Waals surface area contributed by atoms with Gasteiger partial charge in [-0.05, 0) is 64.1 Å². The van der Waals surface area contributed by atoms with Gasteiger partial charge in [0, 0.05) is 31.6 Å². The number of piperidine rings is 1. The largest absolute Gasteiger partial charge is 0.356 e. The van der Waals surface area contributed by atoms with E-state index in [0.29, 0.717) is 19.1 Å². The molecule has 166 valence electrons. The van der Waals surface area contributed by atoms with Gasteiger partial charge in [-0.15, -0.1) is 35.3 Å². The van der Waals surface area contributed by atoms with E-state index in [4.69, 9.17) is 0 Å². The number of thiophene rings is 1. The Morgan fingerprint density at radius 1 is 1.31 bits per heavy atom. The van der Waals surface area contributed by atoms with Crippen LogP contribution in [0.25, 0.3) is 0 Å². The normalized spacial score (nSPS) is 17.3. The molecule has 1 unspecified atom stereocenters. The highest BCUT2D eigenvalue weighted by molar-refractivity contribution is 14.0. The lowest BCUT2D eigenvalue weighted by Crippen LogP contribution is -2.49. The summed E-state index contributed by atoms with van der Waals surface area (Å²) in [6.07, 6.45) is 2.52. The molecule has 8 heteroatoms. The summed E-state index contributed by atoms with van der Waals surface area (Å²) in [5.74, 6) is 1.61. The number of aliphatic imine (C=N–C) groups is 1. The van der Waals surface area contributed by atoms with Crippen LogP contribution in [0.1, 0.15) is 51.5 Å². The maximum Gasteiger partial charge on any atom is 0.227 e. The molecule has 1 aliphatic rings. The van der Waals surface area contributed by atoms with Gasteiger partial charge in [0.1, 0.15) is 0 Å². The van der Waals surface area contributed by atoms with E-state index >= 15 is 0 Å². The van der Waals surface area contributed by atoms with E-state index < -0.39 is 5.41 Å². The number of likely N-dealkylation sites (tertiary alicyclic amines) is 1. The van der Waals surface area contributed by atoms with Gasteiger partial charge in [-0.3, -0.25) is 14.7 Å². The number of carbonyl (C=O) groups excluding carboxylic acids is 1. The predicted octanol–water partition coefficient (Wildman–Crippen LogP) is 3.47. The monoisotopic (exact) mass is 535 g/mol. The zero-order valence-electron chi connectivity index (χ0n) is 18.5. The maximum atomic E-state index is 12.2. The van der Waals surface area contributed by atoms with Gasteiger partial charge in [0.25, 0.3) is 0 Å². The number of amides is 1. The predicted molar refractivity (Wildman–Crippen MR) is 134 cm³/mol. The van der Waals surface area contributed by atoms with E-state index in [-0.39, 0.29) is 29.9 Å². The number of nitrogens with zero attached hydrogens (tertiary/aromatic N) is 2. The Bertz CT molecular complexity index is 627. The number of carbonyl (C=O) groups is 1. The molecule has 1 aromatic rings. The highest BCUT2D eigenvalue weighted by atomic mass is 127. The summed E-state index contributed by atoms with van der Waals surface area (Å²) in [6.45, 7) is 12.4. The van der Waals surface area contributed by atoms with Crippen molar-refractivity contribution in [3.05, 3.63) is 22.4 Å². The van der Waals surface area contributed by atoms with Crippen LogP contribution in [0.3, 0.4) is 0 Å². The minimum absolute atomic E-state index is 0. The fourth-order valence-electron chi connectivity index (χ4n) is 3.43. The summed E-state index contributed by atoms with van der Waals surface area (Å²) in [5, 5.41) is 11.9. The van der Waals surface area contributed by atoms with Crippen molar-refractivity contribution in [1.29, 1.82) is 0 Å². The number of nitrogens with one attached hydrogen (secondary N) is 3. The average molecular weight is 536 g/mol. The lowest BCUT2D eigenvalue weighted by atomic mass is 9.92. The molecule has 1 saturated heterocycles. The van der Waals surface area contributed by atoms with Crippen LogP contribution in [0.2, 0.25) is 0 Å². The second kappa shape index (κ2) is 12.7. The van der Waals surface area contributed by atoms with Crippen molar-refractivity contribution < 1.29 is 4.79 Å². The van der Waals surface area contributed by atoms with Gasteiger partial charge in [0.2, 0.25) is 5.91 Å². The first kappa shape index (κ1) is 26.2. The van der Waals surface area contributed by atoms with Crippen LogP contribution in [-0.4, -0.2) is 56.5 Å². The Kier molecular flexibility index (Phi) is 11.5. The van der Waals surface area contributed by atoms with Crippen LogP contribution in [0, 0.1) is 11.3 Å². The quantitative estimate of drug-likeness (QED) is 0.271. The molecule has 0 aliphatic carbocycles. The van der Waals surface area contributed by atoms with Crippen LogP contribution in [-0.2, 0) is 4.79 Å². The lowest BCUT2D eigenvalue weighted by Gasteiger charge is -2.36. The van der Waals surface area contributed by atoms with Crippen molar-refractivity contribution in [2.24, 2.45) is 16.3 Å². The second-order valence-corrected chi connectivity index (χ2v) is 9.28. The number of rotatable bonds is 8. The van der Waals surface area contributed by atoms with E-state index in [1.165, 1.54) is 17.7 Å². The van der Waals surface area contributed by atoms with Crippen molar-refractivity contribution >= 4 is 47.2 Å². The number of halogens is 1. The fraction of sp³-hybridized carbons (Fsp3) is 0.714. The first-order valence-electron chi connectivity index (χ1n) is 10.4. The van der Waals surface area contributed by atoms with Crippen molar-refractivity contribution in [3.8, 4) is 0 Å². The summed E-state index contributed by atoms with van der Waals surface area (Å²) in [4.78, 5) is 20.5. The van der Waals surface area contributed by atoms with Crippen LogP contribution >= 0.6 is 35.3 Å². The summed E-state index contributed by atoms with van der Waals surface area (Å²) in [6, 6.07) is 4.70. The topological polar surface area (TPSA) is 68.8 Å². The summed E-state index contributed by atoms with van der Waals surface area (Å²) < 4.78 is 0. The van der Waals surface area contributed by atoms with E-state index in [9.17, 15) is 4.79 Å². The summed E-state index contributed by atoms with van der Waals surface area (Å²) in [5.41, 5.74) is -0.496. The molecule has 1 fully saturated rings. The molecule has 1 aliphatic heterocycles. The average Bonchev–Trinajstić information content (AvgIpc) is 3.20. The van der Waals surface area contributed by atoms with Crippen molar-refractivity contribution in [3.63, 3.8) is 0 Å². The van der Waals surface area contributed by atoms with E-state index in [0.717, 1.165) is 31.5 Å². The first-order chi connectivity index (χ1) is 13.4. The molecule has 0 aromatic carbocycles. The van der Waals surface area contributed by atoms with Gasteiger partial charge in [-0.1, -0.05) is 13.0 Å². The van der Waals surface area contributed by atoms with Gasteiger partial charge in [-0.25, -0.2) is 0 Å². The van der Waals surface area contributed by atoms with Crippen LogP contribution in [0.4, 0.5) is 0 Å². The van der Waals surface area contributed by atoms with Crippen LogP contribution in [0.15, 0.2) is 22.5 Å². The Labute approximate surface area is 197 Å².